The van der Waals surface area contributed by atoms with E-state index < -0.39 is 12.0 Å². The monoisotopic (exact) mass is 262 g/mol. The number of thiazole rings is 1. The third kappa shape index (κ3) is 2.94. The number of hydrogen-bond acceptors (Lipinski definition) is 4. The van der Waals surface area contributed by atoms with Gasteiger partial charge in [0.2, 0.25) is 0 Å². The summed E-state index contributed by atoms with van der Waals surface area (Å²) in [6.45, 7) is 2.03. The molecule has 0 saturated heterocycles. The molecule has 0 amide bonds. The zero-order valence-electron chi connectivity index (χ0n) is 9.96. The van der Waals surface area contributed by atoms with Gasteiger partial charge in [0.05, 0.1) is 5.69 Å². The lowest BCUT2D eigenvalue weighted by Crippen LogP contribution is -2.32. The highest BCUT2D eigenvalue weighted by molar-refractivity contribution is 7.13. The molecular formula is C13H14N2O2S. The summed E-state index contributed by atoms with van der Waals surface area (Å²) in [5.74, 6) is -1.00. The Kier molecular flexibility index (Phi) is 3.74. The van der Waals surface area contributed by atoms with E-state index in [9.17, 15) is 4.79 Å². The third-order valence-electron chi connectivity index (χ3n) is 2.60. The predicted molar refractivity (Wildman–Crippen MR) is 71.6 cm³/mol. The van der Waals surface area contributed by atoms with Crippen molar-refractivity contribution in [3.8, 4) is 10.6 Å². The van der Waals surface area contributed by atoms with Gasteiger partial charge in [-0.15, -0.1) is 11.3 Å². The summed E-state index contributed by atoms with van der Waals surface area (Å²) < 4.78 is 0. The molecule has 1 aromatic heterocycles. The topological polar surface area (TPSA) is 76.2 Å². The van der Waals surface area contributed by atoms with E-state index in [1.807, 2.05) is 36.6 Å². The second-order valence-corrected chi connectivity index (χ2v) is 5.02. The smallest absolute Gasteiger partial charge is 0.320 e. The SMILES string of the molecule is Cc1ccc(-c2nc(CC(N)C(=O)O)cs2)cc1. The molecule has 94 valence electrons. The highest BCUT2D eigenvalue weighted by atomic mass is 32.1. The van der Waals surface area contributed by atoms with E-state index in [1.165, 1.54) is 16.9 Å². The summed E-state index contributed by atoms with van der Waals surface area (Å²) in [5.41, 5.74) is 8.45. The Morgan fingerprint density at radius 2 is 2.11 bits per heavy atom. The van der Waals surface area contributed by atoms with Crippen molar-refractivity contribution < 1.29 is 9.90 Å². The van der Waals surface area contributed by atoms with E-state index in [4.69, 9.17) is 10.8 Å². The number of benzene rings is 1. The summed E-state index contributed by atoms with van der Waals surface area (Å²) in [4.78, 5) is 15.1. The van der Waals surface area contributed by atoms with Crippen LogP contribution in [0.25, 0.3) is 10.6 Å². The molecule has 0 aliphatic rings. The molecule has 2 aromatic rings. The van der Waals surface area contributed by atoms with Crippen LogP contribution in [0, 0.1) is 6.92 Å². The summed E-state index contributed by atoms with van der Waals surface area (Å²) in [6, 6.07) is 7.18. The molecule has 1 heterocycles. The van der Waals surface area contributed by atoms with Gasteiger partial charge in [0.15, 0.2) is 0 Å². The molecule has 0 aliphatic heterocycles. The number of aromatic nitrogens is 1. The summed E-state index contributed by atoms with van der Waals surface area (Å²) in [6.07, 6.45) is 0.262. The van der Waals surface area contributed by atoms with Crippen LogP contribution in [0.2, 0.25) is 0 Å². The van der Waals surface area contributed by atoms with Crippen molar-refractivity contribution in [3.05, 3.63) is 40.9 Å². The minimum Gasteiger partial charge on any atom is -0.480 e. The largest absolute Gasteiger partial charge is 0.480 e. The van der Waals surface area contributed by atoms with E-state index in [0.717, 1.165) is 16.3 Å². The van der Waals surface area contributed by atoms with Crippen LogP contribution in [0.3, 0.4) is 0 Å². The first kappa shape index (κ1) is 12.7. The van der Waals surface area contributed by atoms with Crippen molar-refractivity contribution in [1.29, 1.82) is 0 Å². The van der Waals surface area contributed by atoms with Gasteiger partial charge >= 0.3 is 5.97 Å². The number of aliphatic carboxylic acids is 1. The van der Waals surface area contributed by atoms with E-state index in [2.05, 4.69) is 4.98 Å². The fraction of sp³-hybridized carbons (Fsp3) is 0.231. The molecule has 0 fully saturated rings. The molecule has 5 heteroatoms. The van der Waals surface area contributed by atoms with Crippen molar-refractivity contribution in [2.24, 2.45) is 5.73 Å². The highest BCUT2D eigenvalue weighted by Crippen LogP contribution is 2.24. The van der Waals surface area contributed by atoms with E-state index in [0.29, 0.717) is 0 Å². The van der Waals surface area contributed by atoms with Gasteiger partial charge in [0, 0.05) is 17.4 Å². The molecule has 3 N–H and O–H groups in total. The predicted octanol–water partition coefficient (Wildman–Crippen LogP) is 2.07. The zero-order valence-corrected chi connectivity index (χ0v) is 10.8. The van der Waals surface area contributed by atoms with Gasteiger partial charge in [0.1, 0.15) is 11.0 Å². The number of carbonyl (C=O) groups is 1. The second-order valence-electron chi connectivity index (χ2n) is 4.16. The lowest BCUT2D eigenvalue weighted by molar-refractivity contribution is -0.138. The van der Waals surface area contributed by atoms with Crippen molar-refractivity contribution >= 4 is 17.3 Å². The van der Waals surface area contributed by atoms with Gasteiger partial charge in [-0.3, -0.25) is 4.79 Å². The molecular weight excluding hydrogens is 248 g/mol. The minimum absolute atomic E-state index is 0.262. The van der Waals surface area contributed by atoms with E-state index in [1.54, 1.807) is 0 Å². The molecule has 0 radical (unpaired) electrons. The van der Waals surface area contributed by atoms with Gasteiger partial charge < -0.3 is 10.8 Å². The summed E-state index contributed by atoms with van der Waals surface area (Å²) >= 11 is 1.50. The molecule has 0 bridgehead atoms. The molecule has 2 rings (SSSR count). The Labute approximate surface area is 109 Å². The first-order chi connectivity index (χ1) is 8.56. The lowest BCUT2D eigenvalue weighted by atomic mass is 10.1. The summed E-state index contributed by atoms with van der Waals surface area (Å²) in [5, 5.41) is 11.5. The van der Waals surface area contributed by atoms with E-state index >= 15 is 0 Å². The first-order valence-corrected chi connectivity index (χ1v) is 6.44. The molecule has 1 atom stereocenters. The molecule has 1 unspecified atom stereocenters. The normalized spacial score (nSPS) is 12.3. The number of aryl methyl sites for hydroxylation is 1. The van der Waals surface area contributed by atoms with E-state index in [-0.39, 0.29) is 6.42 Å². The van der Waals surface area contributed by atoms with Gasteiger partial charge in [0.25, 0.3) is 0 Å². The lowest BCUT2D eigenvalue weighted by Gasteiger charge is -2.02. The first-order valence-electron chi connectivity index (χ1n) is 5.56. The highest BCUT2D eigenvalue weighted by Gasteiger charge is 2.14. The zero-order chi connectivity index (χ0) is 13.1. The standard InChI is InChI=1S/C13H14N2O2S/c1-8-2-4-9(5-3-8)12-15-10(7-18-12)6-11(14)13(16)17/h2-5,7,11H,6,14H2,1H3,(H,16,17). The molecule has 18 heavy (non-hydrogen) atoms. The Morgan fingerprint density at radius 1 is 1.44 bits per heavy atom. The molecule has 0 aliphatic carbocycles. The maximum atomic E-state index is 10.7. The molecule has 0 saturated carbocycles. The Hall–Kier alpha value is -1.72. The average molecular weight is 262 g/mol. The van der Waals surface area contributed by atoms with Crippen LogP contribution in [0.5, 0.6) is 0 Å². The number of carboxylic acid groups (broad SMARTS) is 1. The number of rotatable bonds is 4. The quantitative estimate of drug-likeness (QED) is 0.884. The van der Waals surface area contributed by atoms with Crippen molar-refractivity contribution in [2.45, 2.75) is 19.4 Å². The minimum atomic E-state index is -1.00. The van der Waals surface area contributed by atoms with Gasteiger partial charge in [-0.1, -0.05) is 29.8 Å². The molecule has 4 nitrogen and oxygen atoms in total. The number of hydrogen-bond donors (Lipinski definition) is 2. The summed E-state index contributed by atoms with van der Waals surface area (Å²) in [7, 11) is 0. The molecule has 1 aromatic carbocycles. The average Bonchev–Trinajstić information content (AvgIpc) is 2.78. The maximum absolute atomic E-state index is 10.7. The number of nitrogens with zero attached hydrogens (tertiary/aromatic N) is 1. The Bertz CT molecular complexity index is 548. The fourth-order valence-corrected chi connectivity index (χ4v) is 2.38. The van der Waals surface area contributed by atoms with Crippen LogP contribution in [0.15, 0.2) is 29.6 Å². The second kappa shape index (κ2) is 5.29. The molecule has 0 spiro atoms. The van der Waals surface area contributed by atoms with Crippen LogP contribution in [0.1, 0.15) is 11.3 Å². The van der Waals surface area contributed by atoms with Crippen LogP contribution < -0.4 is 5.73 Å². The van der Waals surface area contributed by atoms with Crippen LogP contribution >= 0.6 is 11.3 Å². The van der Waals surface area contributed by atoms with Crippen LogP contribution in [0.4, 0.5) is 0 Å². The van der Waals surface area contributed by atoms with Crippen molar-refractivity contribution in [2.75, 3.05) is 0 Å². The van der Waals surface area contributed by atoms with Crippen LogP contribution in [-0.2, 0) is 11.2 Å². The number of carboxylic acids is 1. The van der Waals surface area contributed by atoms with Crippen LogP contribution in [-0.4, -0.2) is 22.1 Å². The van der Waals surface area contributed by atoms with Crippen molar-refractivity contribution in [1.82, 2.24) is 4.98 Å². The Morgan fingerprint density at radius 3 is 2.72 bits per heavy atom. The van der Waals surface area contributed by atoms with Crippen molar-refractivity contribution in [3.63, 3.8) is 0 Å². The maximum Gasteiger partial charge on any atom is 0.320 e. The fourth-order valence-electron chi connectivity index (χ4n) is 1.54. The van der Waals surface area contributed by atoms with Gasteiger partial charge in [-0.25, -0.2) is 4.98 Å². The Balaban J connectivity index is 2.15. The number of nitrogens with two attached hydrogens (primary N) is 1. The third-order valence-corrected chi connectivity index (χ3v) is 3.54. The van der Waals surface area contributed by atoms with Gasteiger partial charge in [-0.2, -0.15) is 0 Å². The van der Waals surface area contributed by atoms with Gasteiger partial charge in [-0.05, 0) is 6.92 Å².